The lowest BCUT2D eigenvalue weighted by molar-refractivity contribution is -0.115. The van der Waals surface area contributed by atoms with Crippen LogP contribution in [0.1, 0.15) is 34.1 Å². The minimum absolute atomic E-state index is 0.195. The maximum absolute atomic E-state index is 12.4. The van der Waals surface area contributed by atoms with Gasteiger partial charge in [-0.3, -0.25) is 9.59 Å². The molecule has 3 N–H and O–H groups in total. The number of amides is 3. The summed E-state index contributed by atoms with van der Waals surface area (Å²) in [6.07, 6.45) is 0.385. The summed E-state index contributed by atoms with van der Waals surface area (Å²) in [6.45, 7) is 2.83. The third kappa shape index (κ3) is 5.47. The Labute approximate surface area is 187 Å². The van der Waals surface area contributed by atoms with Crippen LogP contribution >= 0.6 is 34.7 Å². The molecule has 0 radical (unpaired) electrons. The van der Waals surface area contributed by atoms with Gasteiger partial charge in [0.05, 0.1) is 18.7 Å². The van der Waals surface area contributed by atoms with Crippen molar-refractivity contribution in [2.75, 3.05) is 24.2 Å². The van der Waals surface area contributed by atoms with Gasteiger partial charge in [0, 0.05) is 33.5 Å². The van der Waals surface area contributed by atoms with E-state index in [-0.39, 0.29) is 18.4 Å². The number of carbonyl (C=O) groups is 3. The van der Waals surface area contributed by atoms with E-state index in [1.54, 1.807) is 35.7 Å². The van der Waals surface area contributed by atoms with Crippen molar-refractivity contribution in [3.63, 3.8) is 0 Å². The average Bonchev–Trinajstić information content (AvgIpc) is 3.06. The fourth-order valence-corrected chi connectivity index (χ4v) is 5.37. The van der Waals surface area contributed by atoms with E-state index in [1.165, 1.54) is 11.3 Å². The van der Waals surface area contributed by atoms with E-state index >= 15 is 0 Å². The zero-order valence-electron chi connectivity index (χ0n) is 16.4. The molecule has 30 heavy (non-hydrogen) atoms. The van der Waals surface area contributed by atoms with Crippen LogP contribution in [0.25, 0.3) is 0 Å². The van der Waals surface area contributed by atoms with Gasteiger partial charge in [0.1, 0.15) is 5.00 Å². The molecule has 0 saturated carbocycles. The Bertz CT molecular complexity index is 946. The molecule has 0 bridgehead atoms. The molecule has 3 rings (SSSR count). The molecular formula is C20H22ClN3O4S2. The summed E-state index contributed by atoms with van der Waals surface area (Å²) in [5.74, 6) is -0.191. The summed E-state index contributed by atoms with van der Waals surface area (Å²) < 4.78 is 5.05. The van der Waals surface area contributed by atoms with Crippen LogP contribution in [0.5, 0.6) is 0 Å². The van der Waals surface area contributed by atoms with Gasteiger partial charge in [0.15, 0.2) is 0 Å². The number of fused-ring (bicyclic) bond motifs is 1. The Morgan fingerprint density at radius 1 is 1.30 bits per heavy atom. The Hall–Kier alpha value is -2.23. The molecule has 0 fully saturated rings. The predicted octanol–water partition coefficient (Wildman–Crippen LogP) is 4.14. The molecule has 160 valence electrons. The van der Waals surface area contributed by atoms with E-state index in [4.69, 9.17) is 22.1 Å². The van der Waals surface area contributed by atoms with E-state index in [9.17, 15) is 14.4 Å². The van der Waals surface area contributed by atoms with Gasteiger partial charge in [-0.15, -0.1) is 23.1 Å². The number of ether oxygens (including phenoxy) is 1. The minimum atomic E-state index is -0.581. The van der Waals surface area contributed by atoms with Gasteiger partial charge < -0.3 is 20.7 Å². The number of primary amides is 1. The van der Waals surface area contributed by atoms with Crippen molar-refractivity contribution in [3.05, 3.63) is 45.3 Å². The number of thiophene rings is 1. The van der Waals surface area contributed by atoms with Gasteiger partial charge in [0.25, 0.3) is 5.91 Å². The number of thioether (sulfide) groups is 1. The molecule has 0 atom stereocenters. The molecule has 0 saturated heterocycles. The number of rotatable bonds is 7. The summed E-state index contributed by atoms with van der Waals surface area (Å²) in [4.78, 5) is 39.9. The van der Waals surface area contributed by atoms with Crippen molar-refractivity contribution in [3.8, 4) is 0 Å². The molecular weight excluding hydrogens is 446 g/mol. The first kappa shape index (κ1) is 22.5. The lowest BCUT2D eigenvalue weighted by Gasteiger charge is -2.26. The largest absolute Gasteiger partial charge is 0.450 e. The lowest BCUT2D eigenvalue weighted by atomic mass is 10.0. The summed E-state index contributed by atoms with van der Waals surface area (Å²) in [6, 6.07) is 7.41. The number of hydrogen-bond donors (Lipinski definition) is 2. The second kappa shape index (κ2) is 10.2. The van der Waals surface area contributed by atoms with E-state index < -0.39 is 5.91 Å². The first-order chi connectivity index (χ1) is 14.4. The molecule has 0 unspecified atom stereocenters. The van der Waals surface area contributed by atoms with Gasteiger partial charge in [-0.25, -0.2) is 4.79 Å². The highest BCUT2D eigenvalue weighted by molar-refractivity contribution is 7.99. The van der Waals surface area contributed by atoms with Gasteiger partial charge in [-0.1, -0.05) is 11.6 Å². The number of carbonyl (C=O) groups excluding carboxylic acids is 3. The van der Waals surface area contributed by atoms with E-state index in [2.05, 4.69) is 5.32 Å². The van der Waals surface area contributed by atoms with Crippen molar-refractivity contribution in [2.45, 2.75) is 31.2 Å². The lowest BCUT2D eigenvalue weighted by Crippen LogP contribution is -2.36. The van der Waals surface area contributed by atoms with Gasteiger partial charge in [-0.2, -0.15) is 0 Å². The van der Waals surface area contributed by atoms with Crippen molar-refractivity contribution >= 4 is 57.6 Å². The number of benzene rings is 1. The topological polar surface area (TPSA) is 102 Å². The number of anilines is 1. The Balaban J connectivity index is 1.64. The molecule has 2 heterocycles. The predicted molar refractivity (Wildman–Crippen MR) is 119 cm³/mol. The van der Waals surface area contributed by atoms with Gasteiger partial charge >= 0.3 is 6.09 Å². The number of nitrogens with one attached hydrogen (secondary N) is 1. The summed E-state index contributed by atoms with van der Waals surface area (Å²) >= 11 is 8.71. The zero-order chi connectivity index (χ0) is 21.7. The fraction of sp³-hybridized carbons (Fsp3) is 0.350. The molecule has 2 aromatic rings. The molecule has 1 aliphatic rings. The van der Waals surface area contributed by atoms with Crippen LogP contribution in [0.15, 0.2) is 29.2 Å². The second-order valence-electron chi connectivity index (χ2n) is 6.54. The number of nitrogens with zero attached hydrogens (tertiary/aromatic N) is 1. The van der Waals surface area contributed by atoms with Gasteiger partial charge in [-0.05, 0) is 43.2 Å². The van der Waals surface area contributed by atoms with Gasteiger partial charge in [0.2, 0.25) is 5.91 Å². The third-order valence-electron chi connectivity index (χ3n) is 4.49. The highest BCUT2D eigenvalue weighted by Gasteiger charge is 2.29. The summed E-state index contributed by atoms with van der Waals surface area (Å²) in [5.41, 5.74) is 6.73. The molecule has 1 aromatic heterocycles. The van der Waals surface area contributed by atoms with E-state index in [1.807, 2.05) is 12.1 Å². The zero-order valence-corrected chi connectivity index (χ0v) is 18.8. The quantitative estimate of drug-likeness (QED) is 0.596. The molecule has 3 amide bonds. The number of nitrogens with two attached hydrogens (primary N) is 1. The third-order valence-corrected chi connectivity index (χ3v) is 6.89. The molecule has 0 aliphatic carbocycles. The molecule has 0 spiro atoms. The smallest absolute Gasteiger partial charge is 0.410 e. The van der Waals surface area contributed by atoms with Crippen LogP contribution in [0.3, 0.4) is 0 Å². The average molecular weight is 468 g/mol. The molecule has 1 aliphatic heterocycles. The van der Waals surface area contributed by atoms with Crippen LogP contribution in [-0.2, 0) is 22.5 Å². The SMILES string of the molecule is CCOC(=O)N1CCc2c(sc(NC(=O)CCSc3ccc(Cl)cc3)c2C(N)=O)C1. The van der Waals surface area contributed by atoms with E-state index in [0.29, 0.717) is 47.5 Å². The Morgan fingerprint density at radius 3 is 2.70 bits per heavy atom. The normalized spacial score (nSPS) is 12.9. The fourth-order valence-electron chi connectivity index (χ4n) is 3.10. The van der Waals surface area contributed by atoms with Crippen LogP contribution in [0.2, 0.25) is 5.02 Å². The van der Waals surface area contributed by atoms with Crippen LogP contribution < -0.4 is 11.1 Å². The van der Waals surface area contributed by atoms with Crippen molar-refractivity contribution in [2.24, 2.45) is 5.73 Å². The van der Waals surface area contributed by atoms with Crippen LogP contribution in [0, 0.1) is 0 Å². The minimum Gasteiger partial charge on any atom is -0.450 e. The van der Waals surface area contributed by atoms with Crippen molar-refractivity contribution in [1.82, 2.24) is 4.90 Å². The molecule has 1 aromatic carbocycles. The monoisotopic (exact) mass is 467 g/mol. The van der Waals surface area contributed by atoms with E-state index in [0.717, 1.165) is 15.3 Å². The van der Waals surface area contributed by atoms with Crippen molar-refractivity contribution < 1.29 is 19.1 Å². The summed E-state index contributed by atoms with van der Waals surface area (Å²) in [7, 11) is 0. The standard InChI is InChI=1S/C20H22ClN3O4S2/c1-2-28-20(27)24-9-7-14-15(11-24)30-19(17(14)18(22)26)23-16(25)8-10-29-13-5-3-12(21)4-6-13/h3-6H,2,7-11H2,1H3,(H2,22,26)(H,23,25). The Morgan fingerprint density at radius 2 is 2.03 bits per heavy atom. The second-order valence-corrected chi connectivity index (χ2v) is 9.25. The first-order valence-corrected chi connectivity index (χ1v) is 11.6. The maximum atomic E-state index is 12.4. The van der Waals surface area contributed by atoms with Crippen molar-refractivity contribution in [1.29, 1.82) is 0 Å². The summed E-state index contributed by atoms with van der Waals surface area (Å²) in [5, 5.41) is 3.93. The first-order valence-electron chi connectivity index (χ1n) is 9.43. The van der Waals surface area contributed by atoms with Crippen LogP contribution in [-0.4, -0.2) is 41.7 Å². The number of hydrogen-bond acceptors (Lipinski definition) is 6. The molecule has 10 heteroatoms. The van der Waals surface area contributed by atoms with Crippen LogP contribution in [0.4, 0.5) is 9.80 Å². The highest BCUT2D eigenvalue weighted by Crippen LogP contribution is 2.37. The maximum Gasteiger partial charge on any atom is 0.410 e. The number of halogens is 1. The Kier molecular flexibility index (Phi) is 7.63. The molecule has 7 nitrogen and oxygen atoms in total. The highest BCUT2D eigenvalue weighted by atomic mass is 35.5.